The van der Waals surface area contributed by atoms with Gasteiger partial charge in [0.1, 0.15) is 11.8 Å². The van der Waals surface area contributed by atoms with Crippen LogP contribution >= 0.6 is 15.9 Å². The molecule has 0 bridgehead atoms. The van der Waals surface area contributed by atoms with E-state index in [1.807, 2.05) is 92.7 Å². The van der Waals surface area contributed by atoms with E-state index in [0.717, 1.165) is 21.2 Å². The van der Waals surface area contributed by atoms with Gasteiger partial charge in [0.25, 0.3) is 5.91 Å². The van der Waals surface area contributed by atoms with Crippen LogP contribution in [0.15, 0.2) is 83.3 Å². The third-order valence-corrected chi connectivity index (χ3v) is 5.80. The summed E-state index contributed by atoms with van der Waals surface area (Å²) in [7, 11) is 0. The first-order valence-electron chi connectivity index (χ1n) is 11.0. The van der Waals surface area contributed by atoms with E-state index in [9.17, 15) is 9.59 Å². The normalized spacial score (nSPS) is 11.5. The fourth-order valence-electron chi connectivity index (χ4n) is 3.62. The third kappa shape index (κ3) is 7.19. The number of amides is 2. The molecule has 1 atom stereocenters. The number of halogens is 1. The minimum atomic E-state index is -0.667. The van der Waals surface area contributed by atoms with Gasteiger partial charge in [-0.25, -0.2) is 0 Å². The van der Waals surface area contributed by atoms with Crippen LogP contribution in [0.2, 0.25) is 0 Å². The maximum absolute atomic E-state index is 13.5. The average molecular weight is 509 g/mol. The highest BCUT2D eigenvalue weighted by molar-refractivity contribution is 9.10. The third-order valence-electron chi connectivity index (χ3n) is 5.31. The zero-order chi connectivity index (χ0) is 23.6. The molecule has 0 aromatic heterocycles. The Morgan fingerprint density at radius 2 is 1.67 bits per heavy atom. The fraction of sp³-hybridized carbons (Fsp3) is 0.259. The number of carbonyl (C=O) groups is 2. The molecule has 0 saturated carbocycles. The Kier molecular flexibility index (Phi) is 9.07. The van der Waals surface area contributed by atoms with Crippen LogP contribution in [0.5, 0.6) is 5.75 Å². The fourth-order valence-corrected chi connectivity index (χ4v) is 4.07. The van der Waals surface area contributed by atoms with Gasteiger partial charge in [-0.05, 0) is 48.7 Å². The highest BCUT2D eigenvalue weighted by atomic mass is 79.9. The summed E-state index contributed by atoms with van der Waals surface area (Å²) in [5.74, 6) is 0.233. The van der Waals surface area contributed by atoms with Gasteiger partial charge in [-0.1, -0.05) is 76.6 Å². The number of para-hydroxylation sites is 1. The first-order chi connectivity index (χ1) is 16.0. The van der Waals surface area contributed by atoms with E-state index in [2.05, 4.69) is 21.2 Å². The molecule has 0 fully saturated rings. The molecule has 6 heteroatoms. The van der Waals surface area contributed by atoms with Crippen LogP contribution in [0.3, 0.4) is 0 Å². The van der Waals surface area contributed by atoms with Crippen molar-refractivity contribution in [1.29, 1.82) is 0 Å². The lowest BCUT2D eigenvalue weighted by Gasteiger charge is -2.31. The number of aryl methyl sites for hydroxylation is 1. The molecule has 0 aliphatic heterocycles. The Balaban J connectivity index is 1.90. The van der Waals surface area contributed by atoms with Crippen molar-refractivity contribution < 1.29 is 14.3 Å². The monoisotopic (exact) mass is 508 g/mol. The number of benzene rings is 3. The molecular weight excluding hydrogens is 480 g/mol. The highest BCUT2D eigenvalue weighted by Gasteiger charge is 2.30. The maximum Gasteiger partial charge on any atom is 0.261 e. The molecule has 5 nitrogen and oxygen atoms in total. The summed E-state index contributed by atoms with van der Waals surface area (Å²) in [4.78, 5) is 28.2. The Morgan fingerprint density at radius 1 is 0.970 bits per heavy atom. The van der Waals surface area contributed by atoms with E-state index in [-0.39, 0.29) is 18.4 Å². The summed E-state index contributed by atoms with van der Waals surface area (Å²) in [5.41, 5.74) is 2.87. The van der Waals surface area contributed by atoms with Crippen molar-refractivity contribution in [1.82, 2.24) is 10.2 Å². The molecular formula is C27H29BrN2O3. The second-order valence-electron chi connectivity index (χ2n) is 7.81. The van der Waals surface area contributed by atoms with Crippen LogP contribution in [-0.2, 0) is 22.6 Å². The second kappa shape index (κ2) is 12.2. The number of nitrogens with one attached hydrogen (secondary N) is 1. The van der Waals surface area contributed by atoms with Crippen molar-refractivity contribution in [2.75, 3.05) is 13.2 Å². The number of hydrogen-bond donors (Lipinski definition) is 1. The first-order valence-corrected chi connectivity index (χ1v) is 11.8. The van der Waals surface area contributed by atoms with Gasteiger partial charge in [-0.15, -0.1) is 0 Å². The van der Waals surface area contributed by atoms with Gasteiger partial charge in [0.15, 0.2) is 6.61 Å². The van der Waals surface area contributed by atoms with Crippen molar-refractivity contribution in [3.8, 4) is 5.75 Å². The molecule has 33 heavy (non-hydrogen) atoms. The van der Waals surface area contributed by atoms with Gasteiger partial charge in [0.05, 0.1) is 0 Å². The number of rotatable bonds is 10. The summed E-state index contributed by atoms with van der Waals surface area (Å²) in [6, 6.07) is 24.4. The van der Waals surface area contributed by atoms with E-state index in [1.54, 1.807) is 4.90 Å². The number of carbonyl (C=O) groups excluding carboxylic acids is 2. The zero-order valence-electron chi connectivity index (χ0n) is 19.0. The van der Waals surface area contributed by atoms with Gasteiger partial charge in [0.2, 0.25) is 5.91 Å². The summed E-state index contributed by atoms with van der Waals surface area (Å²) in [6.45, 7) is 4.45. The summed E-state index contributed by atoms with van der Waals surface area (Å²) in [5, 5.41) is 2.90. The maximum atomic E-state index is 13.5. The van der Waals surface area contributed by atoms with Crippen molar-refractivity contribution in [2.45, 2.75) is 32.9 Å². The summed E-state index contributed by atoms with van der Waals surface area (Å²) < 4.78 is 6.77. The van der Waals surface area contributed by atoms with Crippen molar-refractivity contribution in [2.24, 2.45) is 0 Å². The molecule has 0 radical (unpaired) electrons. The van der Waals surface area contributed by atoms with E-state index >= 15 is 0 Å². The van der Waals surface area contributed by atoms with Gasteiger partial charge < -0.3 is 15.0 Å². The lowest BCUT2D eigenvalue weighted by atomic mass is 10.0. The number of ether oxygens (including phenoxy) is 1. The van der Waals surface area contributed by atoms with Crippen molar-refractivity contribution >= 4 is 27.7 Å². The van der Waals surface area contributed by atoms with Crippen LogP contribution in [0.25, 0.3) is 0 Å². The lowest BCUT2D eigenvalue weighted by Crippen LogP contribution is -2.51. The first kappa shape index (κ1) is 24.5. The summed E-state index contributed by atoms with van der Waals surface area (Å²) >= 11 is 3.50. The molecule has 0 aliphatic carbocycles. The van der Waals surface area contributed by atoms with Crippen LogP contribution in [0.4, 0.5) is 0 Å². The van der Waals surface area contributed by atoms with Gasteiger partial charge >= 0.3 is 0 Å². The van der Waals surface area contributed by atoms with E-state index in [0.29, 0.717) is 25.3 Å². The second-order valence-corrected chi connectivity index (χ2v) is 8.72. The zero-order valence-corrected chi connectivity index (χ0v) is 20.5. The molecule has 3 aromatic carbocycles. The number of likely N-dealkylation sites (N-methyl/N-ethyl adjacent to an activating group) is 1. The molecule has 3 aromatic rings. The molecule has 0 saturated heterocycles. The average Bonchev–Trinajstić information content (AvgIpc) is 2.81. The standard InChI is InChI=1S/C27H29BrN2O3/c1-3-29-27(32)24(17-21-11-5-4-6-12-21)30(18-22-13-9-14-23(28)16-22)26(31)19-33-25-15-8-7-10-20(25)2/h4-16,24H,3,17-19H2,1-2H3,(H,29,32)/t24-/m1/s1. The van der Waals surface area contributed by atoms with Gasteiger partial charge in [-0.2, -0.15) is 0 Å². The number of nitrogens with zero attached hydrogens (tertiary/aromatic N) is 1. The van der Waals surface area contributed by atoms with Crippen LogP contribution in [0.1, 0.15) is 23.6 Å². The smallest absolute Gasteiger partial charge is 0.261 e. The van der Waals surface area contributed by atoms with Crippen molar-refractivity contribution in [3.05, 3.63) is 100 Å². The number of hydrogen-bond acceptors (Lipinski definition) is 3. The predicted octanol–water partition coefficient (Wildman–Crippen LogP) is 4.91. The minimum absolute atomic E-state index is 0.149. The molecule has 0 unspecified atom stereocenters. The molecule has 1 N–H and O–H groups in total. The predicted molar refractivity (Wildman–Crippen MR) is 134 cm³/mol. The minimum Gasteiger partial charge on any atom is -0.484 e. The van der Waals surface area contributed by atoms with E-state index in [1.165, 1.54) is 0 Å². The molecule has 0 spiro atoms. The van der Waals surface area contributed by atoms with E-state index in [4.69, 9.17) is 4.74 Å². The molecule has 0 heterocycles. The molecule has 172 valence electrons. The highest BCUT2D eigenvalue weighted by Crippen LogP contribution is 2.20. The van der Waals surface area contributed by atoms with Gasteiger partial charge in [-0.3, -0.25) is 9.59 Å². The van der Waals surface area contributed by atoms with Crippen LogP contribution < -0.4 is 10.1 Å². The van der Waals surface area contributed by atoms with Crippen LogP contribution in [-0.4, -0.2) is 35.9 Å². The van der Waals surface area contributed by atoms with Crippen molar-refractivity contribution in [3.63, 3.8) is 0 Å². The molecule has 2 amide bonds. The molecule has 3 rings (SSSR count). The largest absolute Gasteiger partial charge is 0.484 e. The summed E-state index contributed by atoms with van der Waals surface area (Å²) in [6.07, 6.45) is 0.413. The Labute approximate surface area is 203 Å². The van der Waals surface area contributed by atoms with Gasteiger partial charge in [0, 0.05) is 24.0 Å². The molecule has 0 aliphatic rings. The van der Waals surface area contributed by atoms with Crippen LogP contribution in [0, 0.1) is 6.92 Å². The quantitative estimate of drug-likeness (QED) is 0.423. The SMILES string of the molecule is CCNC(=O)[C@@H](Cc1ccccc1)N(Cc1cccc(Br)c1)C(=O)COc1ccccc1C. The Hall–Kier alpha value is -3.12. The topological polar surface area (TPSA) is 58.6 Å². The lowest BCUT2D eigenvalue weighted by molar-refractivity contribution is -0.142. The Bertz CT molecular complexity index is 1070. The Morgan fingerprint density at radius 3 is 2.36 bits per heavy atom. The van der Waals surface area contributed by atoms with E-state index < -0.39 is 6.04 Å².